The maximum absolute atomic E-state index is 11.0. The minimum Gasteiger partial charge on any atom is -0.550 e. The Morgan fingerprint density at radius 2 is 1.69 bits per heavy atom. The third kappa shape index (κ3) is 3.93. The second-order valence-electron chi connectivity index (χ2n) is 2.34. The Hall–Kier alpha value is -1.04. The Kier molecular flexibility index (Phi) is 5.13. The van der Waals surface area contributed by atoms with Crippen LogP contribution in [-0.4, -0.2) is 11.8 Å². The predicted octanol–water partition coefficient (Wildman–Crippen LogP) is -2.99. The van der Waals surface area contributed by atoms with Gasteiger partial charge in [-0.2, -0.15) is 0 Å². The third-order valence-electron chi connectivity index (χ3n) is 1.40. The van der Waals surface area contributed by atoms with Gasteiger partial charge >= 0.3 is 18.9 Å². The van der Waals surface area contributed by atoms with E-state index in [2.05, 4.69) is 0 Å². The largest absolute Gasteiger partial charge is 1.00 e. The van der Waals surface area contributed by atoms with Gasteiger partial charge in [0.15, 0.2) is 5.78 Å². The number of hydrogen-bond acceptors (Lipinski definition) is 3. The van der Waals surface area contributed by atoms with E-state index in [-0.39, 0.29) is 18.9 Å². The van der Waals surface area contributed by atoms with Gasteiger partial charge in [-0.25, -0.2) is 0 Å². The third-order valence-corrected chi connectivity index (χ3v) is 1.40. The number of rotatable bonds is 3. The van der Waals surface area contributed by atoms with Crippen molar-refractivity contribution >= 4 is 11.8 Å². The standard InChI is InChI=1S/C9H8O3.Li/c10-8(6-9(11)12)7-4-2-1-3-5-7;/h1-5H,6H2,(H,11,12);/q;+1/p-1. The molecule has 0 unspecified atom stereocenters. The molecular formula is C9H7LiO3. The molecule has 3 nitrogen and oxygen atoms in total. The van der Waals surface area contributed by atoms with Crippen molar-refractivity contribution in [3.63, 3.8) is 0 Å². The molecule has 13 heavy (non-hydrogen) atoms. The molecular weight excluding hydrogens is 163 g/mol. The van der Waals surface area contributed by atoms with Gasteiger partial charge in [-0.05, 0) is 0 Å². The van der Waals surface area contributed by atoms with Gasteiger partial charge in [0.2, 0.25) is 0 Å². The number of hydrogen-bond donors (Lipinski definition) is 0. The van der Waals surface area contributed by atoms with Gasteiger partial charge in [0.1, 0.15) is 0 Å². The summed E-state index contributed by atoms with van der Waals surface area (Å²) < 4.78 is 0. The molecule has 0 atom stereocenters. The fourth-order valence-corrected chi connectivity index (χ4v) is 0.857. The Morgan fingerprint density at radius 1 is 1.15 bits per heavy atom. The molecule has 62 valence electrons. The van der Waals surface area contributed by atoms with Crippen molar-refractivity contribution in [3.05, 3.63) is 35.9 Å². The average Bonchev–Trinajstić information content (AvgIpc) is 2.05. The van der Waals surface area contributed by atoms with E-state index >= 15 is 0 Å². The summed E-state index contributed by atoms with van der Waals surface area (Å²) in [4.78, 5) is 21.1. The maximum atomic E-state index is 11.0. The van der Waals surface area contributed by atoms with E-state index in [0.29, 0.717) is 5.56 Å². The second kappa shape index (κ2) is 5.58. The summed E-state index contributed by atoms with van der Waals surface area (Å²) in [6.07, 6.45) is -0.552. The van der Waals surface area contributed by atoms with Gasteiger partial charge in [-0.1, -0.05) is 30.3 Å². The summed E-state index contributed by atoms with van der Waals surface area (Å²) in [7, 11) is 0. The SMILES string of the molecule is O=C([O-])CC(=O)c1ccccc1.[Li+]. The van der Waals surface area contributed by atoms with Gasteiger partial charge < -0.3 is 9.90 Å². The molecule has 0 aromatic heterocycles. The van der Waals surface area contributed by atoms with Crippen LogP contribution in [0.1, 0.15) is 16.8 Å². The van der Waals surface area contributed by atoms with E-state index in [0.717, 1.165) is 0 Å². The van der Waals surface area contributed by atoms with Gasteiger partial charge in [0.25, 0.3) is 0 Å². The molecule has 0 saturated heterocycles. The first-order valence-electron chi connectivity index (χ1n) is 3.48. The fourth-order valence-electron chi connectivity index (χ4n) is 0.857. The Bertz CT molecular complexity index is 295. The van der Waals surface area contributed by atoms with Crippen LogP contribution >= 0.6 is 0 Å². The molecule has 1 aromatic carbocycles. The summed E-state index contributed by atoms with van der Waals surface area (Å²) in [6, 6.07) is 8.28. The van der Waals surface area contributed by atoms with Gasteiger partial charge in [0, 0.05) is 11.5 Å². The van der Waals surface area contributed by atoms with Crippen molar-refractivity contribution in [1.29, 1.82) is 0 Å². The normalized spacial score (nSPS) is 8.62. The zero-order valence-corrected chi connectivity index (χ0v) is 7.32. The van der Waals surface area contributed by atoms with Crippen molar-refractivity contribution in [2.45, 2.75) is 6.42 Å². The number of ketones is 1. The molecule has 1 rings (SSSR count). The van der Waals surface area contributed by atoms with Crippen LogP contribution in [0.4, 0.5) is 0 Å². The quantitative estimate of drug-likeness (QED) is 0.276. The summed E-state index contributed by atoms with van der Waals surface area (Å²) in [5.41, 5.74) is 0.404. The second-order valence-corrected chi connectivity index (χ2v) is 2.34. The van der Waals surface area contributed by atoms with E-state index < -0.39 is 18.2 Å². The maximum Gasteiger partial charge on any atom is 1.00 e. The molecule has 0 spiro atoms. The molecule has 4 heteroatoms. The van der Waals surface area contributed by atoms with Crippen LogP contribution in [0, 0.1) is 0 Å². The van der Waals surface area contributed by atoms with Crippen molar-refractivity contribution in [3.8, 4) is 0 Å². The molecule has 1 aromatic rings. The van der Waals surface area contributed by atoms with Gasteiger partial charge in [0.05, 0.1) is 6.42 Å². The van der Waals surface area contributed by atoms with Crippen LogP contribution < -0.4 is 24.0 Å². The van der Waals surface area contributed by atoms with E-state index in [9.17, 15) is 14.7 Å². The number of carbonyl (C=O) groups is 2. The molecule has 0 heterocycles. The van der Waals surface area contributed by atoms with Crippen LogP contribution in [-0.2, 0) is 4.79 Å². The first kappa shape index (κ1) is 12.0. The number of aliphatic carboxylic acids is 1. The molecule has 0 radical (unpaired) electrons. The molecule has 0 aliphatic rings. The first-order chi connectivity index (χ1) is 5.70. The fraction of sp³-hybridized carbons (Fsp3) is 0.111. The van der Waals surface area contributed by atoms with E-state index in [1.807, 2.05) is 0 Å². The number of benzene rings is 1. The zero-order chi connectivity index (χ0) is 8.97. The van der Waals surface area contributed by atoms with Crippen LogP contribution in [0.5, 0.6) is 0 Å². The first-order valence-corrected chi connectivity index (χ1v) is 3.48. The predicted molar refractivity (Wildman–Crippen MR) is 40.4 cm³/mol. The van der Waals surface area contributed by atoms with Crippen LogP contribution in [0.3, 0.4) is 0 Å². The molecule has 0 amide bonds. The van der Waals surface area contributed by atoms with Crippen LogP contribution in [0.25, 0.3) is 0 Å². The Morgan fingerprint density at radius 3 is 2.15 bits per heavy atom. The zero-order valence-electron chi connectivity index (χ0n) is 7.32. The van der Waals surface area contributed by atoms with Gasteiger partial charge in [-0.3, -0.25) is 4.79 Å². The monoisotopic (exact) mass is 170 g/mol. The van der Waals surface area contributed by atoms with Crippen LogP contribution in [0.15, 0.2) is 30.3 Å². The molecule has 0 saturated carbocycles. The van der Waals surface area contributed by atoms with E-state index in [4.69, 9.17) is 0 Å². The molecule has 0 fully saturated rings. The number of carboxylic acids is 1. The van der Waals surface area contributed by atoms with Crippen molar-refractivity contribution in [2.24, 2.45) is 0 Å². The molecule has 0 aliphatic heterocycles. The minimum atomic E-state index is -1.34. The molecule has 0 aliphatic carbocycles. The topological polar surface area (TPSA) is 57.2 Å². The van der Waals surface area contributed by atoms with E-state index in [1.165, 1.54) is 0 Å². The molecule has 0 N–H and O–H groups in total. The summed E-state index contributed by atoms with van der Waals surface area (Å²) in [5, 5.41) is 10.1. The number of Topliss-reactive ketones (excluding diaryl/α,β-unsaturated/α-hetero) is 1. The summed E-state index contributed by atoms with van der Waals surface area (Å²) in [6.45, 7) is 0. The number of carbonyl (C=O) groups excluding carboxylic acids is 2. The van der Waals surface area contributed by atoms with Crippen LogP contribution in [0.2, 0.25) is 0 Å². The Balaban J connectivity index is 0.00000144. The van der Waals surface area contributed by atoms with Crippen molar-refractivity contribution in [1.82, 2.24) is 0 Å². The van der Waals surface area contributed by atoms with Gasteiger partial charge in [-0.15, -0.1) is 0 Å². The summed E-state index contributed by atoms with van der Waals surface area (Å²) >= 11 is 0. The summed E-state index contributed by atoms with van der Waals surface area (Å²) in [5.74, 6) is -1.76. The molecule has 0 bridgehead atoms. The van der Waals surface area contributed by atoms with E-state index in [1.54, 1.807) is 30.3 Å². The van der Waals surface area contributed by atoms with Crippen molar-refractivity contribution < 1.29 is 33.6 Å². The van der Waals surface area contributed by atoms with Crippen molar-refractivity contribution in [2.75, 3.05) is 0 Å². The minimum absolute atomic E-state index is 0. The number of carboxylic acid groups (broad SMARTS) is 1. The smallest absolute Gasteiger partial charge is 0.550 e. The Labute approximate surface area is 87.9 Å². The average molecular weight is 170 g/mol.